The molecule has 7 heteroatoms. The fourth-order valence-corrected chi connectivity index (χ4v) is 3.71. The highest BCUT2D eigenvalue weighted by Gasteiger charge is 2.15. The number of esters is 1. The van der Waals surface area contributed by atoms with E-state index in [9.17, 15) is 4.79 Å². The lowest BCUT2D eigenvalue weighted by molar-refractivity contribution is -0.136. The summed E-state index contributed by atoms with van der Waals surface area (Å²) in [5.41, 5.74) is 3.19. The molecule has 6 nitrogen and oxygen atoms in total. The van der Waals surface area contributed by atoms with E-state index >= 15 is 0 Å². The number of carbonyl (C=O) groups excluding carboxylic acids is 1. The third-order valence-corrected chi connectivity index (χ3v) is 5.69. The molecule has 0 fully saturated rings. The third-order valence-electron chi connectivity index (χ3n) is 5.34. The molecule has 0 spiro atoms. The maximum atomic E-state index is 12.4. The molecular formula is C26H30ClN3O3. The van der Waals surface area contributed by atoms with E-state index in [1.54, 1.807) is 18.6 Å². The number of imidazole rings is 1. The molecule has 33 heavy (non-hydrogen) atoms. The van der Waals surface area contributed by atoms with Gasteiger partial charge in [0, 0.05) is 29.4 Å². The van der Waals surface area contributed by atoms with Gasteiger partial charge in [-0.1, -0.05) is 43.5 Å². The molecule has 0 saturated heterocycles. The molecule has 0 amide bonds. The minimum absolute atomic E-state index is 0.383. The van der Waals surface area contributed by atoms with E-state index in [0.717, 1.165) is 47.7 Å². The Hall–Kier alpha value is -3.12. The number of benzene rings is 1. The number of aromatic nitrogens is 3. The number of methoxy groups -OCH3 is 1. The number of rotatable bonds is 11. The quantitative estimate of drug-likeness (QED) is 0.207. The molecule has 174 valence electrons. The van der Waals surface area contributed by atoms with Crippen molar-refractivity contribution in [1.29, 1.82) is 0 Å². The summed E-state index contributed by atoms with van der Waals surface area (Å²) >= 11 is 6.57. The first-order valence-corrected chi connectivity index (χ1v) is 11.5. The molecule has 0 unspecified atom stereocenters. The van der Waals surface area contributed by atoms with Crippen LogP contribution in [0.1, 0.15) is 48.8 Å². The van der Waals surface area contributed by atoms with Crippen LogP contribution in [0.3, 0.4) is 0 Å². The summed E-state index contributed by atoms with van der Waals surface area (Å²) in [6.07, 6.45) is 10.8. The molecule has 2 heterocycles. The summed E-state index contributed by atoms with van der Waals surface area (Å²) in [5.74, 6) is 1.21. The largest absolute Gasteiger partial charge is 0.494 e. The van der Waals surface area contributed by atoms with Crippen LogP contribution in [0, 0.1) is 6.92 Å². The monoisotopic (exact) mass is 467 g/mol. The van der Waals surface area contributed by atoms with Crippen LogP contribution in [0.15, 0.2) is 54.5 Å². The lowest BCUT2D eigenvalue weighted by Crippen LogP contribution is -2.10. The van der Waals surface area contributed by atoms with Gasteiger partial charge in [-0.15, -0.1) is 0 Å². The Labute approximate surface area is 200 Å². The summed E-state index contributed by atoms with van der Waals surface area (Å²) in [6.45, 7) is 5.30. The van der Waals surface area contributed by atoms with Crippen LogP contribution in [-0.4, -0.2) is 34.2 Å². The summed E-state index contributed by atoms with van der Waals surface area (Å²) < 4.78 is 12.8. The summed E-state index contributed by atoms with van der Waals surface area (Å²) in [6, 6.07) is 9.54. The van der Waals surface area contributed by atoms with Gasteiger partial charge in [-0.3, -0.25) is 4.98 Å². The number of carbonyl (C=O) groups is 1. The van der Waals surface area contributed by atoms with E-state index in [0.29, 0.717) is 30.2 Å². The highest BCUT2D eigenvalue weighted by molar-refractivity contribution is 6.31. The summed E-state index contributed by atoms with van der Waals surface area (Å²) in [5, 5.41) is 0.634. The molecule has 0 bridgehead atoms. The molecule has 0 atom stereocenters. The maximum Gasteiger partial charge on any atom is 0.334 e. The van der Waals surface area contributed by atoms with Crippen molar-refractivity contribution in [1.82, 2.24) is 14.5 Å². The van der Waals surface area contributed by atoms with Gasteiger partial charge in [0.25, 0.3) is 0 Å². The van der Waals surface area contributed by atoms with Crippen molar-refractivity contribution < 1.29 is 14.3 Å². The van der Waals surface area contributed by atoms with E-state index in [4.69, 9.17) is 21.1 Å². The van der Waals surface area contributed by atoms with Crippen molar-refractivity contribution in [2.45, 2.75) is 46.1 Å². The fraction of sp³-hybridized carbons (Fsp3) is 0.346. The average Bonchev–Trinajstić information content (AvgIpc) is 3.17. The number of aryl methyl sites for hydroxylation is 1. The number of nitrogens with zero attached hydrogens (tertiary/aromatic N) is 3. The normalized spacial score (nSPS) is 11.5. The number of halogens is 1. The lowest BCUT2D eigenvalue weighted by atomic mass is 10.1. The Bertz CT molecular complexity index is 1090. The van der Waals surface area contributed by atoms with Crippen LogP contribution in [0.25, 0.3) is 6.08 Å². The van der Waals surface area contributed by atoms with Crippen molar-refractivity contribution in [3.05, 3.63) is 82.2 Å². The van der Waals surface area contributed by atoms with E-state index in [-0.39, 0.29) is 5.97 Å². The smallest absolute Gasteiger partial charge is 0.334 e. The minimum Gasteiger partial charge on any atom is -0.494 e. The second-order valence-electron chi connectivity index (χ2n) is 7.82. The van der Waals surface area contributed by atoms with Crippen molar-refractivity contribution in [2.24, 2.45) is 0 Å². The Balaban J connectivity index is 1.81. The molecule has 0 aliphatic carbocycles. The van der Waals surface area contributed by atoms with Gasteiger partial charge >= 0.3 is 5.97 Å². The molecule has 2 aromatic heterocycles. The van der Waals surface area contributed by atoms with Gasteiger partial charge in [0.05, 0.1) is 32.2 Å². The Morgan fingerprint density at radius 2 is 2.06 bits per heavy atom. The summed E-state index contributed by atoms with van der Waals surface area (Å²) in [7, 11) is 1.38. The zero-order chi connectivity index (χ0) is 23.6. The first-order valence-electron chi connectivity index (χ1n) is 11.1. The van der Waals surface area contributed by atoms with Gasteiger partial charge in [0.15, 0.2) is 0 Å². The van der Waals surface area contributed by atoms with Crippen molar-refractivity contribution in [3.8, 4) is 5.75 Å². The maximum absolute atomic E-state index is 12.4. The van der Waals surface area contributed by atoms with Gasteiger partial charge in [-0.2, -0.15) is 0 Å². The van der Waals surface area contributed by atoms with Gasteiger partial charge in [0.2, 0.25) is 0 Å². The zero-order valence-electron chi connectivity index (χ0n) is 19.4. The third kappa shape index (κ3) is 6.93. The molecule has 3 rings (SSSR count). The first-order chi connectivity index (χ1) is 16.0. The van der Waals surface area contributed by atoms with Crippen molar-refractivity contribution >= 4 is 23.6 Å². The number of hydrogen-bond acceptors (Lipinski definition) is 5. The predicted octanol–water partition coefficient (Wildman–Crippen LogP) is 5.66. The topological polar surface area (TPSA) is 66.2 Å². The number of unbranched alkanes of at least 4 members (excludes halogenated alkanes) is 2. The van der Waals surface area contributed by atoms with Gasteiger partial charge in [0.1, 0.15) is 11.6 Å². The van der Waals surface area contributed by atoms with Gasteiger partial charge in [-0.25, -0.2) is 9.78 Å². The molecule has 0 N–H and O–H groups in total. The molecule has 1 aromatic carbocycles. The second-order valence-corrected chi connectivity index (χ2v) is 8.23. The number of ether oxygens (including phenoxy) is 2. The average molecular weight is 468 g/mol. The molecule has 0 saturated carbocycles. The second kappa shape index (κ2) is 12.2. The minimum atomic E-state index is -0.383. The van der Waals surface area contributed by atoms with Gasteiger partial charge in [-0.05, 0) is 48.7 Å². The Kier molecular flexibility index (Phi) is 9.07. The molecule has 0 aliphatic rings. The SMILES string of the molecule is CCCCCOc1ccc(Cn2c(C=C(Cc3cccnc3)C(=O)OC)cnc2C)c(Cl)c1. The van der Waals surface area contributed by atoms with Crippen molar-refractivity contribution in [2.75, 3.05) is 13.7 Å². The number of hydrogen-bond donors (Lipinski definition) is 0. The van der Waals surface area contributed by atoms with E-state index in [1.165, 1.54) is 7.11 Å². The lowest BCUT2D eigenvalue weighted by Gasteiger charge is -2.13. The highest BCUT2D eigenvalue weighted by Crippen LogP contribution is 2.25. The van der Waals surface area contributed by atoms with Crippen LogP contribution < -0.4 is 4.74 Å². The van der Waals surface area contributed by atoms with Crippen molar-refractivity contribution in [3.63, 3.8) is 0 Å². The van der Waals surface area contributed by atoms with Crippen LogP contribution in [0.2, 0.25) is 5.02 Å². The van der Waals surface area contributed by atoms with Crippen LogP contribution in [0.4, 0.5) is 0 Å². The Morgan fingerprint density at radius 3 is 2.76 bits per heavy atom. The van der Waals surface area contributed by atoms with Crippen LogP contribution >= 0.6 is 11.6 Å². The van der Waals surface area contributed by atoms with Crippen LogP contribution in [-0.2, 0) is 22.5 Å². The summed E-state index contributed by atoms with van der Waals surface area (Å²) in [4.78, 5) is 21.0. The van der Waals surface area contributed by atoms with Crippen LogP contribution in [0.5, 0.6) is 5.75 Å². The standard InChI is InChI=1S/C26H30ClN3O3/c1-4-5-6-12-33-24-10-9-21(25(27)15-24)18-30-19(2)29-17-23(30)14-22(26(31)32-3)13-20-8-7-11-28-16-20/h7-11,14-17H,4-6,12-13,18H2,1-3H3. The van der Waals surface area contributed by atoms with E-state index in [1.807, 2.05) is 47.9 Å². The number of pyridine rings is 1. The first kappa shape index (κ1) is 24.5. The van der Waals surface area contributed by atoms with E-state index < -0.39 is 0 Å². The fourth-order valence-electron chi connectivity index (χ4n) is 3.48. The molecule has 0 aliphatic heterocycles. The zero-order valence-corrected chi connectivity index (χ0v) is 20.1. The van der Waals surface area contributed by atoms with Gasteiger partial charge < -0.3 is 14.0 Å². The molecule has 3 aromatic rings. The Morgan fingerprint density at radius 1 is 1.21 bits per heavy atom. The predicted molar refractivity (Wildman–Crippen MR) is 130 cm³/mol. The highest BCUT2D eigenvalue weighted by atomic mass is 35.5. The van der Waals surface area contributed by atoms with E-state index in [2.05, 4.69) is 16.9 Å². The molecule has 0 radical (unpaired) electrons. The molecular weight excluding hydrogens is 438 g/mol.